The van der Waals surface area contributed by atoms with E-state index in [-0.39, 0.29) is 0 Å². The van der Waals surface area contributed by atoms with Crippen LogP contribution in [0.15, 0.2) is 23.0 Å². The van der Waals surface area contributed by atoms with Crippen molar-refractivity contribution >= 4 is 13.3 Å². The van der Waals surface area contributed by atoms with E-state index in [1.807, 2.05) is 0 Å². The van der Waals surface area contributed by atoms with Gasteiger partial charge in [-0.2, -0.15) is 0 Å². The molecule has 0 saturated carbocycles. The summed E-state index contributed by atoms with van der Waals surface area (Å²) in [6.45, 7) is -3.60. The molecule has 0 saturated heterocycles. The summed E-state index contributed by atoms with van der Waals surface area (Å²) >= 11 is 0. The molecule has 1 heterocycles. The Hall–Kier alpha value is -0.503. The minimum atomic E-state index is -3.57. The Morgan fingerprint density at radius 2 is 2.44 bits per heavy atom. The van der Waals surface area contributed by atoms with Gasteiger partial charge < -0.3 is 4.42 Å². The number of hydrogen-bond donors (Lipinski definition) is 0. The van der Waals surface area contributed by atoms with E-state index in [1.54, 1.807) is 0 Å². The Morgan fingerprint density at radius 1 is 1.67 bits per heavy atom. The monoisotopic (exact) mass is 146 g/mol. The second kappa shape index (κ2) is 2.03. The summed E-state index contributed by atoms with van der Waals surface area (Å²) < 4.78 is 49.3. The van der Waals surface area contributed by atoms with E-state index in [2.05, 4.69) is 0 Å². The van der Waals surface area contributed by atoms with Crippen LogP contribution in [0.5, 0.6) is 0 Å². The van der Waals surface area contributed by atoms with Crippen molar-refractivity contribution < 1.29 is 12.6 Å². The molecular formula is C7H12OSi. The molecule has 1 rings (SSSR count). The lowest BCUT2D eigenvalue weighted by atomic mass is 10.7. The molecule has 2 heteroatoms. The Bertz CT molecular complexity index is 310. The van der Waals surface area contributed by atoms with Crippen molar-refractivity contribution in [3.8, 4) is 0 Å². The predicted molar refractivity (Wildman–Crippen MR) is 41.7 cm³/mol. The van der Waals surface area contributed by atoms with E-state index >= 15 is 0 Å². The van der Waals surface area contributed by atoms with Crippen molar-refractivity contribution in [1.29, 1.82) is 0 Å². The fourth-order valence-corrected chi connectivity index (χ4v) is 1.25. The lowest BCUT2D eigenvalue weighted by molar-refractivity contribution is 0.569. The third-order valence-corrected chi connectivity index (χ3v) is 2.54. The zero-order valence-electron chi connectivity index (χ0n) is 11.1. The molecule has 9 heavy (non-hydrogen) atoms. The minimum Gasteiger partial charge on any atom is -0.473 e. The molecule has 0 spiro atoms. The summed E-state index contributed by atoms with van der Waals surface area (Å²) in [6, 6.07) is 1.44. The summed E-state index contributed by atoms with van der Waals surface area (Å²) in [5.74, 6) is 0. The van der Waals surface area contributed by atoms with Gasteiger partial charge in [-0.25, -0.2) is 0 Å². The second-order valence-electron chi connectivity index (χ2n) is 2.14. The largest absolute Gasteiger partial charge is 0.473 e. The van der Waals surface area contributed by atoms with Crippen molar-refractivity contribution in [3.05, 3.63) is 18.6 Å². The third kappa shape index (κ3) is 1.45. The maximum Gasteiger partial charge on any atom is 0.0901 e. The van der Waals surface area contributed by atoms with Gasteiger partial charge in [-0.05, 0) is 11.3 Å². The molecule has 0 amide bonds. The molecule has 0 aromatic carbocycles. The van der Waals surface area contributed by atoms with Gasteiger partial charge in [-0.3, -0.25) is 0 Å². The first kappa shape index (κ1) is 2.27. The number of hydrogen-bond acceptors (Lipinski definition) is 1. The number of rotatable bonds is 1. The highest BCUT2D eigenvalue weighted by molar-refractivity contribution is 6.88. The Kier molecular flexibility index (Phi) is 0.512. The molecule has 1 aromatic rings. The molecule has 1 aromatic heterocycles. The first-order chi connectivity index (χ1) is 6.61. The molecule has 0 atom stereocenters. The molecule has 1 nitrogen and oxygen atoms in total. The summed E-state index contributed by atoms with van der Waals surface area (Å²) in [6.07, 6.45) is 2.53. The van der Waals surface area contributed by atoms with Crippen molar-refractivity contribution in [1.82, 2.24) is 0 Å². The summed E-state index contributed by atoms with van der Waals surface area (Å²) in [5, 5.41) is 0.308. The van der Waals surface area contributed by atoms with Crippen LogP contribution in [-0.2, 0) is 0 Å². The van der Waals surface area contributed by atoms with Crippen LogP contribution in [0.3, 0.4) is 0 Å². The van der Waals surface area contributed by atoms with Gasteiger partial charge in [0.15, 0.2) is 0 Å². The maximum absolute atomic E-state index is 7.41. The van der Waals surface area contributed by atoms with Crippen molar-refractivity contribution in [2.75, 3.05) is 0 Å². The van der Waals surface area contributed by atoms with Gasteiger partial charge in [-0.1, -0.05) is 19.5 Å². The zero-order valence-corrected chi connectivity index (χ0v) is 6.14. The predicted octanol–water partition coefficient (Wildman–Crippen LogP) is 1.82. The quantitative estimate of drug-likeness (QED) is 0.551. The minimum absolute atomic E-state index is 0.308. The molecule has 0 fully saturated rings. The van der Waals surface area contributed by atoms with E-state index in [9.17, 15) is 0 Å². The Morgan fingerprint density at radius 3 is 2.89 bits per heavy atom. The van der Waals surface area contributed by atoms with Crippen molar-refractivity contribution in [2.45, 2.75) is 19.5 Å². The smallest absolute Gasteiger partial charge is 0.0901 e. The van der Waals surface area contributed by atoms with Crippen LogP contribution in [0.25, 0.3) is 0 Å². The normalized spacial score (nSPS) is 24.6. The Labute approximate surface area is 65.1 Å². The first-order valence-corrected chi connectivity index (χ1v) is 5.13. The van der Waals surface area contributed by atoms with Crippen LogP contribution in [0.2, 0.25) is 19.5 Å². The molecule has 0 aliphatic carbocycles. The fourth-order valence-electron chi connectivity index (χ4n) is 0.549. The van der Waals surface area contributed by atoms with Crippen LogP contribution in [0.4, 0.5) is 0 Å². The van der Waals surface area contributed by atoms with E-state index in [4.69, 9.17) is 12.6 Å². The van der Waals surface area contributed by atoms with Gasteiger partial charge in [0.25, 0.3) is 0 Å². The first-order valence-electron chi connectivity index (χ1n) is 5.63. The average molecular weight is 146 g/mol. The van der Waals surface area contributed by atoms with Crippen LogP contribution < -0.4 is 5.19 Å². The molecule has 0 radical (unpaired) electrons. The average Bonchev–Trinajstić information content (AvgIpc) is 2.49. The molecule has 0 unspecified atom stereocenters. The lowest BCUT2D eigenvalue weighted by Crippen LogP contribution is -2.36. The van der Waals surface area contributed by atoms with E-state index < -0.39 is 21.0 Å². The maximum atomic E-state index is 7.41. The van der Waals surface area contributed by atoms with E-state index in [1.165, 1.54) is 25.1 Å². The summed E-state index contributed by atoms with van der Waals surface area (Å²) in [7, 11) is -3.57. The van der Waals surface area contributed by atoms with E-state index in [0.717, 1.165) is 0 Å². The molecule has 0 bridgehead atoms. The lowest BCUT2D eigenvalue weighted by Gasteiger charge is -2.11. The van der Waals surface area contributed by atoms with Crippen molar-refractivity contribution in [2.24, 2.45) is 0 Å². The SMILES string of the molecule is [2H]C([2H])([2H])[Si](C)(c1ccoc1)C([2H])([2H])[2H]. The highest BCUT2D eigenvalue weighted by atomic mass is 28.3. The van der Waals surface area contributed by atoms with Crippen LogP contribution in [0, 0.1) is 0 Å². The summed E-state index contributed by atoms with van der Waals surface area (Å²) in [4.78, 5) is 0. The van der Waals surface area contributed by atoms with Gasteiger partial charge >= 0.3 is 0 Å². The standard InChI is InChI=1S/C7H12OSi/c1-9(2,3)7-4-5-8-6-7/h4-6H,1-3H3/i1D3,2D3. The highest BCUT2D eigenvalue weighted by Gasteiger charge is 2.16. The van der Waals surface area contributed by atoms with Gasteiger partial charge in [0.2, 0.25) is 0 Å². The van der Waals surface area contributed by atoms with Gasteiger partial charge in [-0.15, -0.1) is 0 Å². The molecule has 0 aliphatic heterocycles. The second-order valence-corrected chi connectivity index (χ2v) is 4.96. The third-order valence-electron chi connectivity index (χ3n) is 1.10. The molecule has 50 valence electrons. The van der Waals surface area contributed by atoms with Crippen LogP contribution in [0.1, 0.15) is 8.22 Å². The van der Waals surface area contributed by atoms with E-state index in [0.29, 0.717) is 5.19 Å². The molecule has 0 N–H and O–H groups in total. The zero-order chi connectivity index (χ0) is 11.9. The topological polar surface area (TPSA) is 13.1 Å². The van der Waals surface area contributed by atoms with Crippen molar-refractivity contribution in [3.63, 3.8) is 0 Å². The molecule has 0 aliphatic rings. The highest BCUT2D eigenvalue weighted by Crippen LogP contribution is 2.01. The van der Waals surface area contributed by atoms with Gasteiger partial charge in [0, 0.05) is 8.22 Å². The van der Waals surface area contributed by atoms with Crippen LogP contribution >= 0.6 is 0 Å². The summed E-state index contributed by atoms with van der Waals surface area (Å²) in [5.41, 5.74) is 0. The number of furan rings is 1. The fraction of sp³-hybridized carbons (Fsp3) is 0.429. The molecular weight excluding hydrogens is 128 g/mol. The van der Waals surface area contributed by atoms with Gasteiger partial charge in [0.05, 0.1) is 20.6 Å². The van der Waals surface area contributed by atoms with Crippen LogP contribution in [-0.4, -0.2) is 8.07 Å². The van der Waals surface area contributed by atoms with Gasteiger partial charge in [0.1, 0.15) is 0 Å². The Balaban J connectivity index is 3.33.